The normalized spacial score (nSPS) is 10.5. The highest BCUT2D eigenvalue weighted by atomic mass is 16.5. The minimum Gasteiger partial charge on any atom is -0.383 e. The van der Waals surface area contributed by atoms with Gasteiger partial charge >= 0.3 is 0 Å². The average Bonchev–Trinajstić information content (AvgIpc) is 1.97. The van der Waals surface area contributed by atoms with Gasteiger partial charge in [-0.3, -0.25) is 5.01 Å². The quantitative estimate of drug-likeness (QED) is 0.440. The predicted molar refractivity (Wildman–Crippen MR) is 47.8 cm³/mol. The number of hydrogen-bond acceptors (Lipinski definition) is 3. The van der Waals surface area contributed by atoms with Gasteiger partial charge in [0, 0.05) is 20.4 Å². The fourth-order valence-corrected chi connectivity index (χ4v) is 0.478. The zero-order chi connectivity index (χ0) is 8.69. The summed E-state index contributed by atoms with van der Waals surface area (Å²) < 4.78 is 4.88. The van der Waals surface area contributed by atoms with Crippen LogP contribution in [0.25, 0.3) is 0 Å². The van der Waals surface area contributed by atoms with Gasteiger partial charge < -0.3 is 4.74 Å². The Kier molecular flexibility index (Phi) is 5.47. The maximum Gasteiger partial charge on any atom is 0.0654 e. The number of hydrazone groups is 1. The van der Waals surface area contributed by atoms with E-state index in [-0.39, 0.29) is 0 Å². The predicted octanol–water partition coefficient (Wildman–Crippen LogP) is 1.13. The van der Waals surface area contributed by atoms with Gasteiger partial charge in [0.05, 0.1) is 13.2 Å². The van der Waals surface area contributed by atoms with Crippen LogP contribution < -0.4 is 0 Å². The lowest BCUT2D eigenvalue weighted by atomic mass is 10.4. The highest BCUT2D eigenvalue weighted by molar-refractivity contribution is 5.76. The molecule has 0 radical (unpaired) electrons. The Bertz CT molecular complexity index is 143. The molecule has 0 fully saturated rings. The Balaban J connectivity index is 3.50. The molecule has 64 valence electrons. The third-order valence-electron chi connectivity index (χ3n) is 1.09. The van der Waals surface area contributed by atoms with E-state index in [2.05, 4.69) is 11.7 Å². The Morgan fingerprint density at radius 2 is 2.36 bits per heavy atom. The molecule has 0 N–H and O–H groups in total. The molecule has 0 aliphatic heterocycles. The number of methoxy groups -OCH3 is 1. The fraction of sp³-hybridized carbons (Fsp3) is 0.625. The van der Waals surface area contributed by atoms with E-state index in [0.717, 1.165) is 12.1 Å². The first-order valence-electron chi connectivity index (χ1n) is 3.56. The second kappa shape index (κ2) is 5.92. The van der Waals surface area contributed by atoms with E-state index in [9.17, 15) is 0 Å². The summed E-state index contributed by atoms with van der Waals surface area (Å²) in [4.78, 5) is 0. The average molecular weight is 156 g/mol. The molecule has 0 rings (SSSR count). The Hall–Kier alpha value is -0.830. The molecule has 0 bridgehead atoms. The van der Waals surface area contributed by atoms with Gasteiger partial charge in [0.1, 0.15) is 0 Å². The zero-order valence-electron chi connectivity index (χ0n) is 7.50. The lowest BCUT2D eigenvalue weighted by Gasteiger charge is -2.10. The van der Waals surface area contributed by atoms with E-state index in [4.69, 9.17) is 4.74 Å². The molecule has 0 heterocycles. The molecule has 0 saturated carbocycles. The third-order valence-corrected chi connectivity index (χ3v) is 1.09. The van der Waals surface area contributed by atoms with Crippen molar-refractivity contribution in [1.29, 1.82) is 0 Å². The van der Waals surface area contributed by atoms with Crippen molar-refractivity contribution in [2.75, 3.05) is 27.3 Å². The van der Waals surface area contributed by atoms with Crippen LogP contribution in [0.15, 0.2) is 17.3 Å². The van der Waals surface area contributed by atoms with Gasteiger partial charge in [0.15, 0.2) is 0 Å². The molecule has 0 aromatic heterocycles. The van der Waals surface area contributed by atoms with Crippen LogP contribution >= 0.6 is 0 Å². The van der Waals surface area contributed by atoms with E-state index in [0.29, 0.717) is 6.61 Å². The van der Waals surface area contributed by atoms with Crippen LogP contribution in [0, 0.1) is 0 Å². The summed E-state index contributed by atoms with van der Waals surface area (Å²) in [6.45, 7) is 7.11. The van der Waals surface area contributed by atoms with E-state index >= 15 is 0 Å². The van der Waals surface area contributed by atoms with Gasteiger partial charge in [-0.2, -0.15) is 5.10 Å². The van der Waals surface area contributed by atoms with E-state index in [1.54, 1.807) is 13.3 Å². The molecule has 0 aliphatic carbocycles. The van der Waals surface area contributed by atoms with Gasteiger partial charge in [-0.15, -0.1) is 0 Å². The standard InChI is InChI=1S/C8H16N2O/c1-8(2)7-9-10(3)5-6-11-4/h7H,1,5-6H2,2-4H3/b9-7-. The molecule has 3 nitrogen and oxygen atoms in total. The maximum absolute atomic E-state index is 4.88. The smallest absolute Gasteiger partial charge is 0.0654 e. The van der Waals surface area contributed by atoms with E-state index in [1.165, 1.54) is 0 Å². The molecule has 0 amide bonds. The minimum absolute atomic E-state index is 0.698. The SMILES string of the molecule is C=C(C)/C=N\N(C)CCOC. The van der Waals surface area contributed by atoms with Crippen LogP contribution in [-0.4, -0.2) is 38.5 Å². The molecule has 0 aromatic rings. The number of hydrogen-bond donors (Lipinski definition) is 0. The molecule has 0 unspecified atom stereocenters. The van der Waals surface area contributed by atoms with Crippen molar-refractivity contribution in [2.24, 2.45) is 5.10 Å². The summed E-state index contributed by atoms with van der Waals surface area (Å²) in [5.41, 5.74) is 0.953. The highest BCUT2D eigenvalue weighted by Gasteiger charge is 1.89. The summed E-state index contributed by atoms with van der Waals surface area (Å²) in [6, 6.07) is 0. The fourth-order valence-electron chi connectivity index (χ4n) is 0.478. The lowest BCUT2D eigenvalue weighted by molar-refractivity contribution is 0.163. The number of ether oxygens (including phenoxy) is 1. The molecule has 0 atom stereocenters. The van der Waals surface area contributed by atoms with Gasteiger partial charge in [0.25, 0.3) is 0 Å². The Labute approximate surface area is 68.3 Å². The van der Waals surface area contributed by atoms with Crippen LogP contribution in [0.1, 0.15) is 6.92 Å². The van der Waals surface area contributed by atoms with E-state index in [1.807, 2.05) is 19.0 Å². The van der Waals surface area contributed by atoms with Crippen LogP contribution in [0.5, 0.6) is 0 Å². The van der Waals surface area contributed by atoms with Crippen molar-refractivity contribution in [2.45, 2.75) is 6.92 Å². The minimum atomic E-state index is 0.698. The molecule has 3 heteroatoms. The van der Waals surface area contributed by atoms with Crippen molar-refractivity contribution in [3.63, 3.8) is 0 Å². The second-order valence-electron chi connectivity index (χ2n) is 2.46. The summed E-state index contributed by atoms with van der Waals surface area (Å²) in [5.74, 6) is 0. The van der Waals surface area contributed by atoms with Crippen LogP contribution in [0.4, 0.5) is 0 Å². The van der Waals surface area contributed by atoms with Crippen molar-refractivity contribution in [1.82, 2.24) is 5.01 Å². The van der Waals surface area contributed by atoms with Crippen LogP contribution in [0.3, 0.4) is 0 Å². The van der Waals surface area contributed by atoms with Crippen LogP contribution in [0.2, 0.25) is 0 Å². The Morgan fingerprint density at radius 3 is 2.82 bits per heavy atom. The molecule has 0 aromatic carbocycles. The first-order chi connectivity index (χ1) is 5.16. The highest BCUT2D eigenvalue weighted by Crippen LogP contribution is 1.85. The number of likely N-dealkylation sites (N-methyl/N-ethyl adjacent to an activating group) is 1. The topological polar surface area (TPSA) is 24.8 Å². The summed E-state index contributed by atoms with van der Waals surface area (Å²) in [5, 5.41) is 5.91. The summed E-state index contributed by atoms with van der Waals surface area (Å²) in [7, 11) is 3.58. The molecule has 0 saturated heterocycles. The van der Waals surface area contributed by atoms with Crippen LogP contribution in [-0.2, 0) is 4.74 Å². The third kappa shape index (κ3) is 7.06. The summed E-state index contributed by atoms with van der Waals surface area (Å²) >= 11 is 0. The first-order valence-corrected chi connectivity index (χ1v) is 3.56. The Morgan fingerprint density at radius 1 is 1.73 bits per heavy atom. The van der Waals surface area contributed by atoms with Crippen molar-refractivity contribution in [3.8, 4) is 0 Å². The molecule has 0 aliphatic rings. The van der Waals surface area contributed by atoms with Gasteiger partial charge in [-0.25, -0.2) is 0 Å². The van der Waals surface area contributed by atoms with Gasteiger partial charge in [-0.05, 0) is 12.5 Å². The molecule has 11 heavy (non-hydrogen) atoms. The van der Waals surface area contributed by atoms with Crippen molar-refractivity contribution in [3.05, 3.63) is 12.2 Å². The largest absolute Gasteiger partial charge is 0.383 e. The van der Waals surface area contributed by atoms with Gasteiger partial charge in [-0.1, -0.05) is 6.58 Å². The zero-order valence-corrected chi connectivity index (χ0v) is 7.50. The number of allylic oxidation sites excluding steroid dienone is 1. The molecular formula is C8H16N2O. The van der Waals surface area contributed by atoms with Crippen molar-refractivity contribution < 1.29 is 4.74 Å². The van der Waals surface area contributed by atoms with Crippen molar-refractivity contribution >= 4 is 6.21 Å². The maximum atomic E-state index is 4.88. The van der Waals surface area contributed by atoms with Gasteiger partial charge in [0.2, 0.25) is 0 Å². The second-order valence-corrected chi connectivity index (χ2v) is 2.46. The monoisotopic (exact) mass is 156 g/mol. The number of nitrogens with zero attached hydrogens (tertiary/aromatic N) is 2. The lowest BCUT2D eigenvalue weighted by Crippen LogP contribution is -2.16. The molecular weight excluding hydrogens is 140 g/mol. The summed E-state index contributed by atoms with van der Waals surface area (Å²) in [6.07, 6.45) is 1.73. The molecule has 0 spiro atoms. The number of rotatable bonds is 5. The first kappa shape index (κ1) is 10.2. The van der Waals surface area contributed by atoms with E-state index < -0.39 is 0 Å².